The van der Waals surface area contributed by atoms with Crippen molar-refractivity contribution in [3.63, 3.8) is 0 Å². The average Bonchev–Trinajstić information content (AvgIpc) is 3.32. The molecule has 0 spiro atoms. The Bertz CT molecular complexity index is 869. The number of hydrogen-bond donors (Lipinski definition) is 1. The summed E-state index contributed by atoms with van der Waals surface area (Å²) < 4.78 is 0. The number of fused-ring (bicyclic) bond motifs is 1. The lowest BCUT2D eigenvalue weighted by molar-refractivity contribution is -0.121. The first kappa shape index (κ1) is 16.3. The third-order valence-electron chi connectivity index (χ3n) is 5.09. The molecule has 2 atom stereocenters. The normalized spacial score (nSPS) is 19.2. The number of anilines is 1. The summed E-state index contributed by atoms with van der Waals surface area (Å²) in [5, 5.41) is 7.50. The highest BCUT2D eigenvalue weighted by Crippen LogP contribution is 2.36. The van der Waals surface area contributed by atoms with Crippen LogP contribution in [0.2, 0.25) is 0 Å². The quantitative estimate of drug-likeness (QED) is 0.713. The molecule has 1 aromatic heterocycles. The number of likely N-dealkylation sites (tertiary alicyclic amines) is 1. The van der Waals surface area contributed by atoms with Crippen molar-refractivity contribution in [1.82, 2.24) is 4.90 Å². The number of carbonyl (C=O) groups is 1. The molecule has 1 aliphatic rings. The van der Waals surface area contributed by atoms with Crippen molar-refractivity contribution >= 4 is 33.7 Å². The monoisotopic (exact) mass is 350 g/mol. The van der Waals surface area contributed by atoms with Crippen LogP contribution in [-0.4, -0.2) is 23.4 Å². The highest BCUT2D eigenvalue weighted by Gasteiger charge is 2.33. The topological polar surface area (TPSA) is 32.3 Å². The van der Waals surface area contributed by atoms with Crippen molar-refractivity contribution in [2.45, 2.75) is 31.8 Å². The van der Waals surface area contributed by atoms with Gasteiger partial charge in [-0.05, 0) is 49.2 Å². The number of nitrogens with one attached hydrogen (secondary N) is 1. The molecule has 25 heavy (non-hydrogen) atoms. The molecule has 2 heterocycles. The maximum absolute atomic E-state index is 12.9. The van der Waals surface area contributed by atoms with Crippen molar-refractivity contribution in [3.05, 3.63) is 64.9 Å². The lowest BCUT2D eigenvalue weighted by Crippen LogP contribution is -2.41. The third-order valence-corrected chi connectivity index (χ3v) is 6.06. The van der Waals surface area contributed by atoms with E-state index in [4.69, 9.17) is 0 Å². The second-order valence-electron chi connectivity index (χ2n) is 6.60. The molecule has 0 bridgehead atoms. The van der Waals surface area contributed by atoms with Crippen LogP contribution in [0.1, 0.15) is 30.7 Å². The van der Waals surface area contributed by atoms with Gasteiger partial charge in [0.2, 0.25) is 5.91 Å². The van der Waals surface area contributed by atoms with Gasteiger partial charge in [0.1, 0.15) is 0 Å². The fourth-order valence-corrected chi connectivity index (χ4v) is 4.64. The minimum absolute atomic E-state index is 0.0693. The van der Waals surface area contributed by atoms with Crippen LogP contribution in [0.15, 0.2) is 60.0 Å². The molecule has 3 nitrogen and oxygen atoms in total. The summed E-state index contributed by atoms with van der Waals surface area (Å²) in [4.78, 5) is 16.6. The number of carbonyl (C=O) groups excluding carboxylic acids is 1. The highest BCUT2D eigenvalue weighted by molar-refractivity contribution is 7.10. The number of hydrogen-bond acceptors (Lipinski definition) is 3. The Morgan fingerprint density at radius 2 is 2.00 bits per heavy atom. The van der Waals surface area contributed by atoms with Crippen LogP contribution in [0.25, 0.3) is 10.8 Å². The van der Waals surface area contributed by atoms with Gasteiger partial charge in [-0.25, -0.2) is 0 Å². The Hall–Kier alpha value is -2.17. The minimum Gasteiger partial charge on any atom is -0.324 e. The first-order valence-corrected chi connectivity index (χ1v) is 9.70. The van der Waals surface area contributed by atoms with Crippen LogP contribution in [0.3, 0.4) is 0 Å². The maximum atomic E-state index is 12.9. The molecule has 3 aromatic rings. The molecule has 4 rings (SSSR count). The Morgan fingerprint density at radius 1 is 1.16 bits per heavy atom. The Kier molecular flexibility index (Phi) is 4.55. The van der Waals surface area contributed by atoms with Crippen LogP contribution in [0, 0.1) is 0 Å². The number of nitrogens with zero attached hydrogens (tertiary/aromatic N) is 1. The molecule has 4 heteroatoms. The lowest BCUT2D eigenvalue weighted by Gasteiger charge is -2.29. The predicted molar refractivity (Wildman–Crippen MR) is 105 cm³/mol. The van der Waals surface area contributed by atoms with E-state index in [2.05, 4.69) is 45.9 Å². The summed E-state index contributed by atoms with van der Waals surface area (Å²) in [6.07, 6.45) is 2.28. The van der Waals surface area contributed by atoms with E-state index < -0.39 is 0 Å². The highest BCUT2D eigenvalue weighted by atomic mass is 32.1. The van der Waals surface area contributed by atoms with Crippen LogP contribution in [0.4, 0.5) is 5.69 Å². The fourth-order valence-electron chi connectivity index (χ4n) is 3.76. The van der Waals surface area contributed by atoms with Gasteiger partial charge >= 0.3 is 0 Å². The molecule has 1 N–H and O–H groups in total. The zero-order chi connectivity index (χ0) is 17.2. The molecule has 1 amide bonds. The zero-order valence-electron chi connectivity index (χ0n) is 14.3. The standard InChI is InChI=1S/C21H22N2OS/c1-15(23-13-5-11-19(23)20-12-6-14-25-20)21(24)22-18-10-4-8-16-7-2-3-9-17(16)18/h2-4,6-10,12,14-15,19H,5,11,13H2,1H3,(H,22,24)/t15-,19+/m0/s1. The van der Waals surface area contributed by atoms with E-state index >= 15 is 0 Å². The largest absolute Gasteiger partial charge is 0.324 e. The van der Waals surface area contributed by atoms with Gasteiger partial charge in [-0.3, -0.25) is 9.69 Å². The average molecular weight is 350 g/mol. The molecule has 1 saturated heterocycles. The second-order valence-corrected chi connectivity index (χ2v) is 7.58. The van der Waals surface area contributed by atoms with Crippen LogP contribution in [0.5, 0.6) is 0 Å². The summed E-state index contributed by atoms with van der Waals surface area (Å²) in [5.41, 5.74) is 0.891. The second kappa shape index (κ2) is 6.98. The smallest absolute Gasteiger partial charge is 0.241 e. The summed E-state index contributed by atoms with van der Waals surface area (Å²) >= 11 is 1.79. The van der Waals surface area contributed by atoms with Gasteiger partial charge in [0.05, 0.1) is 6.04 Å². The lowest BCUT2D eigenvalue weighted by atomic mass is 10.1. The fraction of sp³-hybridized carbons (Fsp3) is 0.286. The van der Waals surface area contributed by atoms with Crippen LogP contribution >= 0.6 is 11.3 Å². The number of amides is 1. The van der Waals surface area contributed by atoms with Gasteiger partial charge in [0.15, 0.2) is 0 Å². The van der Waals surface area contributed by atoms with E-state index in [9.17, 15) is 4.79 Å². The number of thiophene rings is 1. The molecule has 0 unspecified atom stereocenters. The van der Waals surface area contributed by atoms with E-state index in [1.807, 2.05) is 31.2 Å². The summed E-state index contributed by atoms with van der Waals surface area (Å²) in [6, 6.07) is 18.7. The molecule has 0 aliphatic carbocycles. The van der Waals surface area contributed by atoms with Crippen molar-refractivity contribution in [2.24, 2.45) is 0 Å². The molecule has 1 aliphatic heterocycles. The van der Waals surface area contributed by atoms with Gasteiger partial charge < -0.3 is 5.32 Å². The summed E-state index contributed by atoms with van der Waals surface area (Å²) in [5.74, 6) is 0.0693. The molecular formula is C21H22N2OS. The summed E-state index contributed by atoms with van der Waals surface area (Å²) in [6.45, 7) is 3.00. The van der Waals surface area contributed by atoms with Crippen LogP contribution < -0.4 is 5.32 Å². The minimum atomic E-state index is -0.145. The Labute approximate surface area is 152 Å². The van der Waals surface area contributed by atoms with Crippen molar-refractivity contribution in [2.75, 3.05) is 11.9 Å². The zero-order valence-corrected chi connectivity index (χ0v) is 15.1. The molecule has 2 aromatic carbocycles. The van der Waals surface area contributed by atoms with E-state index in [0.29, 0.717) is 6.04 Å². The van der Waals surface area contributed by atoms with E-state index in [-0.39, 0.29) is 11.9 Å². The Balaban J connectivity index is 1.54. The molecule has 0 radical (unpaired) electrons. The molecule has 1 fully saturated rings. The van der Waals surface area contributed by atoms with Gasteiger partial charge in [0, 0.05) is 22.0 Å². The van der Waals surface area contributed by atoms with Gasteiger partial charge in [0.25, 0.3) is 0 Å². The van der Waals surface area contributed by atoms with Crippen LogP contribution in [-0.2, 0) is 4.79 Å². The first-order valence-electron chi connectivity index (χ1n) is 8.82. The van der Waals surface area contributed by atoms with E-state index in [0.717, 1.165) is 35.8 Å². The van der Waals surface area contributed by atoms with E-state index in [1.165, 1.54) is 4.88 Å². The van der Waals surface area contributed by atoms with Crippen molar-refractivity contribution in [1.29, 1.82) is 0 Å². The Morgan fingerprint density at radius 3 is 2.84 bits per heavy atom. The van der Waals surface area contributed by atoms with Gasteiger partial charge in [-0.2, -0.15) is 0 Å². The molecule has 0 saturated carbocycles. The first-order chi connectivity index (χ1) is 12.2. The van der Waals surface area contributed by atoms with Gasteiger partial charge in [-0.15, -0.1) is 11.3 Å². The van der Waals surface area contributed by atoms with Crippen molar-refractivity contribution < 1.29 is 4.79 Å². The summed E-state index contributed by atoms with van der Waals surface area (Å²) in [7, 11) is 0. The number of rotatable bonds is 4. The number of benzene rings is 2. The van der Waals surface area contributed by atoms with E-state index in [1.54, 1.807) is 11.3 Å². The SMILES string of the molecule is C[C@@H](C(=O)Nc1cccc2ccccc12)N1CCC[C@@H]1c1cccs1. The maximum Gasteiger partial charge on any atom is 0.241 e. The van der Waals surface area contributed by atoms with Crippen molar-refractivity contribution in [3.8, 4) is 0 Å². The van der Waals surface area contributed by atoms with Gasteiger partial charge in [-0.1, -0.05) is 42.5 Å². The predicted octanol–water partition coefficient (Wildman–Crippen LogP) is 5.07. The molecular weight excluding hydrogens is 328 g/mol. The third kappa shape index (κ3) is 3.20. The molecule has 128 valence electrons.